The lowest BCUT2D eigenvalue weighted by Crippen LogP contribution is -2.01. The van der Waals surface area contributed by atoms with Gasteiger partial charge in [-0.05, 0) is 24.5 Å². The Morgan fingerprint density at radius 1 is 1.16 bits per heavy atom. The highest BCUT2D eigenvalue weighted by atomic mass is 16.5. The van der Waals surface area contributed by atoms with Crippen LogP contribution in [0.4, 0.5) is 5.69 Å². The number of hydrogen-bond donors (Lipinski definition) is 1. The summed E-state index contributed by atoms with van der Waals surface area (Å²) in [4.78, 5) is 4.66. The van der Waals surface area contributed by atoms with Crippen molar-refractivity contribution in [2.24, 2.45) is 5.92 Å². The molecule has 4 heteroatoms. The number of nitrogens with zero attached hydrogens (tertiary/aromatic N) is 1. The summed E-state index contributed by atoms with van der Waals surface area (Å²) in [5, 5.41) is 0.865. The maximum Gasteiger partial charge on any atom is 0.148 e. The number of anilines is 1. The fourth-order valence-electron chi connectivity index (χ4n) is 2.15. The van der Waals surface area contributed by atoms with E-state index in [0.717, 1.165) is 28.8 Å². The lowest BCUT2D eigenvalue weighted by molar-refractivity contribution is 0.397. The number of pyridine rings is 1. The summed E-state index contributed by atoms with van der Waals surface area (Å²) in [6, 6.07) is 5.65. The van der Waals surface area contributed by atoms with Crippen molar-refractivity contribution < 1.29 is 9.47 Å². The standard InChI is InChI=1S/C15H20N2O2/c1-9(2)5-10-6-13(16)12-7-11(18-3)8-14(19-4)15(12)17-10/h6-9H,5H2,1-4H3,(H2,16,17). The summed E-state index contributed by atoms with van der Waals surface area (Å²) in [7, 11) is 3.25. The molecule has 0 fully saturated rings. The number of aromatic nitrogens is 1. The Morgan fingerprint density at radius 2 is 1.89 bits per heavy atom. The van der Waals surface area contributed by atoms with Gasteiger partial charge in [0.15, 0.2) is 0 Å². The van der Waals surface area contributed by atoms with Crippen molar-refractivity contribution in [3.05, 3.63) is 23.9 Å². The predicted molar refractivity (Wildman–Crippen MR) is 77.8 cm³/mol. The van der Waals surface area contributed by atoms with Crippen LogP contribution in [0.25, 0.3) is 10.9 Å². The van der Waals surface area contributed by atoms with Crippen LogP contribution in [0.3, 0.4) is 0 Å². The Morgan fingerprint density at radius 3 is 2.47 bits per heavy atom. The molecule has 0 saturated carbocycles. The first-order valence-corrected chi connectivity index (χ1v) is 6.36. The van der Waals surface area contributed by atoms with Gasteiger partial charge in [0, 0.05) is 22.8 Å². The van der Waals surface area contributed by atoms with Crippen LogP contribution >= 0.6 is 0 Å². The highest BCUT2D eigenvalue weighted by Gasteiger charge is 2.11. The lowest BCUT2D eigenvalue weighted by Gasteiger charge is -2.12. The molecule has 4 nitrogen and oxygen atoms in total. The minimum atomic E-state index is 0.536. The van der Waals surface area contributed by atoms with Gasteiger partial charge in [0.05, 0.1) is 14.2 Å². The first kappa shape index (κ1) is 13.5. The molecule has 0 unspecified atom stereocenters. The van der Waals surface area contributed by atoms with Crippen molar-refractivity contribution in [1.82, 2.24) is 4.98 Å². The Hall–Kier alpha value is -1.97. The minimum absolute atomic E-state index is 0.536. The van der Waals surface area contributed by atoms with Crippen molar-refractivity contribution in [3.8, 4) is 11.5 Å². The molecular weight excluding hydrogens is 240 g/mol. The number of nitrogen functional groups attached to an aromatic ring is 1. The molecule has 1 heterocycles. The maximum absolute atomic E-state index is 6.13. The van der Waals surface area contributed by atoms with Gasteiger partial charge < -0.3 is 15.2 Å². The van der Waals surface area contributed by atoms with Crippen molar-refractivity contribution in [3.63, 3.8) is 0 Å². The average molecular weight is 260 g/mol. The fraction of sp³-hybridized carbons (Fsp3) is 0.400. The molecule has 1 aromatic carbocycles. The molecule has 0 bridgehead atoms. The van der Waals surface area contributed by atoms with E-state index < -0.39 is 0 Å². The smallest absolute Gasteiger partial charge is 0.148 e. The summed E-state index contributed by atoms with van der Waals surface area (Å²) in [6.07, 6.45) is 0.898. The predicted octanol–water partition coefficient (Wildman–Crippen LogP) is 3.03. The van der Waals surface area contributed by atoms with E-state index in [1.807, 2.05) is 18.2 Å². The van der Waals surface area contributed by atoms with Gasteiger partial charge in [0.1, 0.15) is 17.0 Å². The number of ether oxygens (including phenoxy) is 2. The molecule has 102 valence electrons. The second-order valence-electron chi connectivity index (χ2n) is 5.03. The van der Waals surface area contributed by atoms with E-state index >= 15 is 0 Å². The molecule has 1 aromatic heterocycles. The molecular formula is C15H20N2O2. The third-order valence-corrected chi connectivity index (χ3v) is 3.01. The Bertz CT molecular complexity index is 594. The summed E-state index contributed by atoms with van der Waals surface area (Å²) in [6.45, 7) is 4.32. The van der Waals surface area contributed by atoms with E-state index in [1.165, 1.54) is 0 Å². The van der Waals surface area contributed by atoms with E-state index in [0.29, 0.717) is 17.4 Å². The SMILES string of the molecule is COc1cc(OC)c2nc(CC(C)C)cc(N)c2c1. The van der Waals surface area contributed by atoms with Gasteiger partial charge in [-0.25, -0.2) is 4.98 Å². The number of methoxy groups -OCH3 is 2. The average Bonchev–Trinajstić information content (AvgIpc) is 2.37. The summed E-state index contributed by atoms with van der Waals surface area (Å²) in [5.74, 6) is 1.94. The number of rotatable bonds is 4. The summed E-state index contributed by atoms with van der Waals surface area (Å²) in [5.41, 5.74) is 8.62. The number of hydrogen-bond acceptors (Lipinski definition) is 4. The topological polar surface area (TPSA) is 57.4 Å². The van der Waals surface area contributed by atoms with Crippen LogP contribution in [0, 0.1) is 5.92 Å². The molecule has 0 atom stereocenters. The molecule has 19 heavy (non-hydrogen) atoms. The monoisotopic (exact) mass is 260 g/mol. The molecule has 2 aromatic rings. The molecule has 0 aliphatic rings. The van der Waals surface area contributed by atoms with E-state index in [1.54, 1.807) is 14.2 Å². The molecule has 0 radical (unpaired) electrons. The molecule has 0 aliphatic carbocycles. The zero-order valence-electron chi connectivity index (χ0n) is 11.9. The van der Waals surface area contributed by atoms with Crippen molar-refractivity contribution in [2.75, 3.05) is 20.0 Å². The number of fused-ring (bicyclic) bond motifs is 1. The Kier molecular flexibility index (Phi) is 3.79. The van der Waals surface area contributed by atoms with E-state index in [4.69, 9.17) is 15.2 Å². The van der Waals surface area contributed by atoms with Crippen LogP contribution in [0.5, 0.6) is 11.5 Å². The Labute approximate surface area is 113 Å². The summed E-state index contributed by atoms with van der Waals surface area (Å²) < 4.78 is 10.6. The highest BCUT2D eigenvalue weighted by molar-refractivity contribution is 5.95. The largest absolute Gasteiger partial charge is 0.497 e. The zero-order chi connectivity index (χ0) is 14.0. The minimum Gasteiger partial charge on any atom is -0.497 e. The highest BCUT2D eigenvalue weighted by Crippen LogP contribution is 2.33. The van der Waals surface area contributed by atoms with E-state index in [9.17, 15) is 0 Å². The van der Waals surface area contributed by atoms with Crippen LogP contribution in [0.2, 0.25) is 0 Å². The first-order chi connectivity index (χ1) is 9.05. The van der Waals surface area contributed by atoms with Crippen LogP contribution < -0.4 is 15.2 Å². The molecule has 0 aliphatic heterocycles. The van der Waals surface area contributed by atoms with Crippen molar-refractivity contribution in [2.45, 2.75) is 20.3 Å². The zero-order valence-corrected chi connectivity index (χ0v) is 11.9. The number of benzene rings is 1. The van der Waals surface area contributed by atoms with Crippen LogP contribution in [-0.4, -0.2) is 19.2 Å². The van der Waals surface area contributed by atoms with E-state index in [-0.39, 0.29) is 0 Å². The van der Waals surface area contributed by atoms with Gasteiger partial charge in [0.25, 0.3) is 0 Å². The van der Waals surface area contributed by atoms with Gasteiger partial charge in [-0.3, -0.25) is 0 Å². The normalized spacial score (nSPS) is 11.0. The molecule has 2 N–H and O–H groups in total. The van der Waals surface area contributed by atoms with Gasteiger partial charge >= 0.3 is 0 Å². The second-order valence-corrected chi connectivity index (χ2v) is 5.03. The Balaban J connectivity index is 2.65. The van der Waals surface area contributed by atoms with Gasteiger partial charge in [-0.1, -0.05) is 13.8 Å². The van der Waals surface area contributed by atoms with Crippen LogP contribution in [-0.2, 0) is 6.42 Å². The number of nitrogens with two attached hydrogens (primary N) is 1. The first-order valence-electron chi connectivity index (χ1n) is 6.36. The van der Waals surface area contributed by atoms with Gasteiger partial charge in [-0.15, -0.1) is 0 Å². The molecule has 0 saturated heterocycles. The molecule has 0 spiro atoms. The van der Waals surface area contributed by atoms with Crippen LogP contribution in [0.1, 0.15) is 19.5 Å². The third-order valence-electron chi connectivity index (χ3n) is 3.01. The van der Waals surface area contributed by atoms with E-state index in [2.05, 4.69) is 18.8 Å². The van der Waals surface area contributed by atoms with Gasteiger partial charge in [0.2, 0.25) is 0 Å². The second kappa shape index (κ2) is 5.34. The fourth-order valence-corrected chi connectivity index (χ4v) is 2.15. The lowest BCUT2D eigenvalue weighted by atomic mass is 10.1. The van der Waals surface area contributed by atoms with Gasteiger partial charge in [-0.2, -0.15) is 0 Å². The summed E-state index contributed by atoms with van der Waals surface area (Å²) >= 11 is 0. The molecule has 2 rings (SSSR count). The third kappa shape index (κ3) is 2.72. The van der Waals surface area contributed by atoms with Crippen molar-refractivity contribution >= 4 is 16.6 Å². The van der Waals surface area contributed by atoms with Crippen molar-refractivity contribution in [1.29, 1.82) is 0 Å². The maximum atomic E-state index is 6.13. The van der Waals surface area contributed by atoms with Crippen LogP contribution in [0.15, 0.2) is 18.2 Å². The quantitative estimate of drug-likeness (QED) is 0.918. The molecule has 0 amide bonds.